The van der Waals surface area contributed by atoms with Gasteiger partial charge in [-0.05, 0) is 0 Å². The van der Waals surface area contributed by atoms with E-state index in [1.807, 2.05) is 11.1 Å². The first-order valence-corrected chi connectivity index (χ1v) is 30.3. The Hall–Kier alpha value is -2.55. The van der Waals surface area contributed by atoms with Gasteiger partial charge in [-0.3, -0.25) is 0 Å². The molecule has 0 N–H and O–H groups in total. The molecule has 2 heteroatoms. The fourth-order valence-corrected chi connectivity index (χ4v) is 32.6. The molecule has 3 aliphatic rings. The fraction of sp³-hybridized carbons (Fsp3) is 0.300. The average Bonchev–Trinajstić information content (AvgIpc) is 3.54. The predicted octanol–water partition coefficient (Wildman–Crippen LogP) is 11.7. The molecule has 0 nitrogen and oxygen atoms in total. The van der Waals surface area contributed by atoms with E-state index in [1.165, 1.54) is 22.3 Å². The molecule has 2 aliphatic carbocycles. The van der Waals surface area contributed by atoms with Gasteiger partial charge in [-0.25, -0.2) is 0 Å². The van der Waals surface area contributed by atoms with Crippen molar-refractivity contribution in [2.24, 2.45) is 11.8 Å². The molecule has 2 atom stereocenters. The van der Waals surface area contributed by atoms with E-state index >= 15 is 0 Å². The van der Waals surface area contributed by atoms with E-state index in [0.29, 0.717) is 19.2 Å². The molecule has 2 unspecified atom stereocenters. The summed E-state index contributed by atoms with van der Waals surface area (Å²) < 4.78 is 6.86. The summed E-state index contributed by atoms with van der Waals surface area (Å²) in [6, 6.07) is 37.1. The van der Waals surface area contributed by atoms with Crippen molar-refractivity contribution < 1.29 is 20.0 Å². The van der Waals surface area contributed by atoms with E-state index in [4.69, 9.17) is 0 Å². The van der Waals surface area contributed by atoms with E-state index in [1.54, 1.807) is 32.6 Å². The molecular formula is C40H44HfSi. The van der Waals surface area contributed by atoms with Crippen molar-refractivity contribution in [2.75, 3.05) is 0 Å². The molecule has 1 aliphatic heterocycles. The van der Waals surface area contributed by atoms with Crippen molar-refractivity contribution in [3.05, 3.63) is 130 Å². The minimum atomic E-state index is -3.22. The maximum absolute atomic E-state index is 3.22. The normalized spacial score (nSPS) is 21.5. The van der Waals surface area contributed by atoms with E-state index in [-0.39, 0.29) is 0 Å². The molecule has 4 aromatic rings. The van der Waals surface area contributed by atoms with Crippen LogP contribution < -0.4 is 0 Å². The van der Waals surface area contributed by atoms with Gasteiger partial charge in [0.15, 0.2) is 0 Å². The van der Waals surface area contributed by atoms with E-state index in [9.17, 15) is 0 Å². The quantitative estimate of drug-likeness (QED) is 0.183. The van der Waals surface area contributed by atoms with Crippen molar-refractivity contribution >= 4 is 18.5 Å². The Morgan fingerprint density at radius 1 is 0.524 bits per heavy atom. The van der Waals surface area contributed by atoms with Crippen molar-refractivity contribution in [2.45, 2.75) is 57.5 Å². The third-order valence-corrected chi connectivity index (χ3v) is 29.4. The van der Waals surface area contributed by atoms with Crippen LogP contribution in [0.5, 0.6) is 0 Å². The van der Waals surface area contributed by atoms with E-state index < -0.39 is 28.0 Å². The van der Waals surface area contributed by atoms with Crippen LogP contribution in [0.4, 0.5) is 0 Å². The first kappa shape index (κ1) is 28.2. The Balaban J connectivity index is 1.64. The van der Waals surface area contributed by atoms with Gasteiger partial charge >= 0.3 is 260 Å². The van der Waals surface area contributed by atoms with Gasteiger partial charge in [0, 0.05) is 0 Å². The number of hydrogen-bond acceptors (Lipinski definition) is 0. The van der Waals surface area contributed by atoms with Crippen LogP contribution in [0.15, 0.2) is 108 Å². The second-order valence-corrected chi connectivity index (χ2v) is 36.0. The number of fused-ring (bicyclic) bond motifs is 8. The van der Waals surface area contributed by atoms with Crippen LogP contribution in [0.25, 0.3) is 32.6 Å². The van der Waals surface area contributed by atoms with Gasteiger partial charge in [0.1, 0.15) is 0 Å². The van der Waals surface area contributed by atoms with Crippen LogP contribution in [0, 0.1) is 11.8 Å². The van der Waals surface area contributed by atoms with Crippen LogP contribution >= 0.6 is 0 Å². The summed E-state index contributed by atoms with van der Waals surface area (Å²) in [6.07, 6.45) is 0. The summed E-state index contributed by atoms with van der Waals surface area (Å²) in [4.78, 5) is 0. The molecule has 212 valence electrons. The molecule has 0 aromatic heterocycles. The summed E-state index contributed by atoms with van der Waals surface area (Å²) in [7, 11) is -2.20. The minimum absolute atomic E-state index is 0.546. The Bertz CT molecular complexity index is 1640. The monoisotopic (exact) mass is 732 g/mol. The molecule has 0 spiro atoms. The Kier molecular flexibility index (Phi) is 6.72. The topological polar surface area (TPSA) is 0 Å². The zero-order chi connectivity index (χ0) is 29.6. The molecular weight excluding hydrogens is 687 g/mol. The molecule has 0 fully saturated rings. The molecule has 1 heterocycles. The van der Waals surface area contributed by atoms with Crippen molar-refractivity contribution in [3.63, 3.8) is 0 Å². The van der Waals surface area contributed by atoms with Gasteiger partial charge < -0.3 is 0 Å². The first-order valence-electron chi connectivity index (χ1n) is 15.9. The number of hydrogen-bond donors (Lipinski definition) is 0. The number of allylic oxidation sites excluding steroid dienone is 2. The predicted molar refractivity (Wildman–Crippen MR) is 182 cm³/mol. The second kappa shape index (κ2) is 9.99. The fourth-order valence-electron chi connectivity index (χ4n) is 9.29. The van der Waals surface area contributed by atoms with Gasteiger partial charge in [-0.1, -0.05) is 0 Å². The van der Waals surface area contributed by atoms with Crippen LogP contribution in [-0.4, -0.2) is 8.07 Å². The Labute approximate surface area is 258 Å². The van der Waals surface area contributed by atoms with Crippen molar-refractivity contribution in [3.8, 4) is 22.3 Å². The van der Waals surface area contributed by atoms with Crippen LogP contribution in [0.3, 0.4) is 0 Å². The zero-order valence-corrected chi connectivity index (χ0v) is 31.1. The molecule has 0 amide bonds. The summed E-state index contributed by atoms with van der Waals surface area (Å²) in [5.74, 6) is 1.09. The molecule has 42 heavy (non-hydrogen) atoms. The summed E-state index contributed by atoms with van der Waals surface area (Å²) in [5, 5.41) is 3.54. The number of rotatable bonds is 4. The SMILES string of the molecule is CC(C)C1=C2c3c(-c4ccccc4)cccc3[CH]1[Hf]([CH3])([CH3])[CH]1C(C(C)C)=C(c3c(-c4ccccc4)cccc31)[Si]2(C)C. The summed E-state index contributed by atoms with van der Waals surface area (Å²) in [6.45, 7) is 15.4. The maximum atomic E-state index is 2.82. The van der Waals surface area contributed by atoms with Crippen LogP contribution in [0.1, 0.15) is 57.3 Å². The molecule has 0 saturated heterocycles. The second-order valence-electron chi connectivity index (χ2n) is 14.6. The van der Waals surface area contributed by atoms with Crippen LogP contribution in [0.2, 0.25) is 22.5 Å². The molecule has 0 radical (unpaired) electrons. The number of benzene rings is 4. The molecule has 4 bridgehead atoms. The van der Waals surface area contributed by atoms with Gasteiger partial charge in [0.25, 0.3) is 0 Å². The third-order valence-electron chi connectivity index (χ3n) is 10.7. The van der Waals surface area contributed by atoms with Gasteiger partial charge in [0.05, 0.1) is 0 Å². The van der Waals surface area contributed by atoms with E-state index in [2.05, 4.69) is 147 Å². The van der Waals surface area contributed by atoms with Crippen molar-refractivity contribution in [1.29, 1.82) is 0 Å². The standard InChI is InChI=1S/C38H38Si.2CH3.Hf/c1-25(2)33-23-29-19-13-21-31(27-15-9-7-10-16-27)35(29)37(33)39(5,6)38-34(26(3)4)24-30-20-14-22-32(36(30)38)28-17-11-8-12-18-28;;;/h7-26H,1-6H3;2*1H3;. The molecule has 4 aromatic carbocycles. The van der Waals surface area contributed by atoms with Crippen LogP contribution in [-0.2, 0) is 20.0 Å². The molecule has 0 saturated carbocycles. The summed E-state index contributed by atoms with van der Waals surface area (Å²) in [5.41, 5.74) is 15.8. The molecule has 7 rings (SSSR count). The Morgan fingerprint density at radius 3 is 1.26 bits per heavy atom. The van der Waals surface area contributed by atoms with Crippen molar-refractivity contribution in [1.82, 2.24) is 0 Å². The van der Waals surface area contributed by atoms with Gasteiger partial charge in [0.2, 0.25) is 0 Å². The average molecular weight is 731 g/mol. The van der Waals surface area contributed by atoms with E-state index in [0.717, 1.165) is 0 Å². The zero-order valence-electron chi connectivity index (χ0n) is 26.5. The van der Waals surface area contributed by atoms with Gasteiger partial charge in [-0.2, -0.15) is 0 Å². The first-order chi connectivity index (χ1) is 20.1. The third kappa shape index (κ3) is 3.87. The Morgan fingerprint density at radius 2 is 0.905 bits per heavy atom. The van der Waals surface area contributed by atoms with Gasteiger partial charge in [-0.15, -0.1) is 0 Å². The summed E-state index contributed by atoms with van der Waals surface area (Å²) >= 11 is -3.22.